The predicted molar refractivity (Wildman–Crippen MR) is 57.3 cm³/mol. The van der Waals surface area contributed by atoms with E-state index in [9.17, 15) is 13.2 Å². The first kappa shape index (κ1) is 12.5. The van der Waals surface area contributed by atoms with Crippen molar-refractivity contribution in [2.75, 3.05) is 12.9 Å². The molecule has 5 nitrogen and oxygen atoms in total. The second kappa shape index (κ2) is 4.98. The molecule has 0 aliphatic rings. The topological polar surface area (TPSA) is 80.7 Å². The van der Waals surface area contributed by atoms with Gasteiger partial charge < -0.3 is 9.84 Å². The van der Waals surface area contributed by atoms with E-state index in [0.717, 1.165) is 6.26 Å². The highest BCUT2D eigenvalue weighted by atomic mass is 32.2. The monoisotopic (exact) mass is 244 g/mol. The van der Waals surface area contributed by atoms with E-state index in [-0.39, 0.29) is 17.9 Å². The Balaban J connectivity index is 2.62. The van der Waals surface area contributed by atoms with Crippen molar-refractivity contribution >= 4 is 15.8 Å². The van der Waals surface area contributed by atoms with Crippen LogP contribution in [0.4, 0.5) is 0 Å². The zero-order valence-electron chi connectivity index (χ0n) is 8.71. The Bertz CT molecular complexity index is 460. The number of ether oxygens (including phenoxy) is 1. The molecule has 0 heterocycles. The van der Waals surface area contributed by atoms with E-state index in [4.69, 9.17) is 9.84 Å². The van der Waals surface area contributed by atoms with Crippen LogP contribution in [0.5, 0.6) is 5.75 Å². The third-order valence-corrected chi connectivity index (χ3v) is 2.97. The van der Waals surface area contributed by atoms with Crippen molar-refractivity contribution in [2.45, 2.75) is 11.3 Å². The quantitative estimate of drug-likeness (QED) is 0.833. The summed E-state index contributed by atoms with van der Waals surface area (Å²) in [6, 6.07) is 5.84. The van der Waals surface area contributed by atoms with Gasteiger partial charge in [-0.25, -0.2) is 8.42 Å². The summed E-state index contributed by atoms with van der Waals surface area (Å²) in [4.78, 5) is 10.4. The zero-order valence-corrected chi connectivity index (χ0v) is 9.53. The molecule has 88 valence electrons. The molecule has 0 saturated heterocycles. The Hall–Kier alpha value is -1.56. The lowest BCUT2D eigenvalue weighted by molar-refractivity contribution is -0.137. The molecule has 0 aliphatic carbocycles. The maximum Gasteiger partial charge on any atom is 0.306 e. The van der Waals surface area contributed by atoms with Gasteiger partial charge in [0.1, 0.15) is 5.75 Å². The predicted octanol–water partition coefficient (Wildman–Crippen LogP) is 0.944. The second-order valence-electron chi connectivity index (χ2n) is 3.24. The second-order valence-corrected chi connectivity index (χ2v) is 5.25. The van der Waals surface area contributed by atoms with E-state index in [1.807, 2.05) is 0 Å². The number of carboxylic acids is 1. The van der Waals surface area contributed by atoms with Crippen LogP contribution in [0, 0.1) is 0 Å². The fraction of sp³-hybridized carbons (Fsp3) is 0.300. The van der Waals surface area contributed by atoms with Gasteiger partial charge in [0.25, 0.3) is 0 Å². The van der Waals surface area contributed by atoms with Crippen LogP contribution in [0.25, 0.3) is 0 Å². The molecule has 0 atom stereocenters. The van der Waals surface area contributed by atoms with Gasteiger partial charge in [-0.15, -0.1) is 0 Å². The summed E-state index contributed by atoms with van der Waals surface area (Å²) in [7, 11) is -3.20. The molecule has 0 unspecified atom stereocenters. The average Bonchev–Trinajstić information content (AvgIpc) is 2.16. The maximum absolute atomic E-state index is 11.1. The van der Waals surface area contributed by atoms with E-state index in [2.05, 4.69) is 0 Å². The molecular formula is C10H12O5S. The standard InChI is InChI=1S/C10H12O5S/c1-16(13,14)9-4-2-8(3-5-9)15-7-6-10(11)12/h2-5H,6-7H2,1H3,(H,11,12). The van der Waals surface area contributed by atoms with Gasteiger partial charge in [-0.3, -0.25) is 4.79 Å². The van der Waals surface area contributed by atoms with Gasteiger partial charge in [-0.1, -0.05) is 0 Å². The van der Waals surface area contributed by atoms with Crippen LogP contribution in [0.15, 0.2) is 29.2 Å². The van der Waals surface area contributed by atoms with Crippen LogP contribution in [0.1, 0.15) is 6.42 Å². The van der Waals surface area contributed by atoms with Gasteiger partial charge in [0.15, 0.2) is 9.84 Å². The molecule has 0 saturated carbocycles. The Morgan fingerprint density at radius 3 is 2.31 bits per heavy atom. The van der Waals surface area contributed by atoms with Gasteiger partial charge in [0.2, 0.25) is 0 Å². The first-order chi connectivity index (χ1) is 7.39. The van der Waals surface area contributed by atoms with Crippen LogP contribution < -0.4 is 4.74 Å². The number of hydrogen-bond acceptors (Lipinski definition) is 4. The maximum atomic E-state index is 11.1. The molecule has 1 N–H and O–H groups in total. The number of benzene rings is 1. The molecule has 16 heavy (non-hydrogen) atoms. The lowest BCUT2D eigenvalue weighted by Crippen LogP contribution is -2.05. The Morgan fingerprint density at radius 2 is 1.88 bits per heavy atom. The Labute approximate surface area is 93.6 Å². The lowest BCUT2D eigenvalue weighted by atomic mass is 10.3. The third kappa shape index (κ3) is 3.90. The minimum atomic E-state index is -3.20. The van der Waals surface area contributed by atoms with E-state index < -0.39 is 15.8 Å². The molecule has 0 bridgehead atoms. The van der Waals surface area contributed by atoms with Crippen molar-refractivity contribution in [1.29, 1.82) is 0 Å². The SMILES string of the molecule is CS(=O)(=O)c1ccc(OCCC(=O)O)cc1. The summed E-state index contributed by atoms with van der Waals surface area (Å²) in [5, 5.41) is 8.38. The van der Waals surface area contributed by atoms with Crippen molar-refractivity contribution in [3.05, 3.63) is 24.3 Å². The number of hydrogen-bond donors (Lipinski definition) is 1. The van der Waals surface area contributed by atoms with Gasteiger partial charge in [0, 0.05) is 6.26 Å². The molecule has 1 aromatic carbocycles. The number of rotatable bonds is 5. The van der Waals surface area contributed by atoms with Crippen LogP contribution in [0.3, 0.4) is 0 Å². The Morgan fingerprint density at radius 1 is 1.31 bits per heavy atom. The zero-order chi connectivity index (χ0) is 12.2. The molecule has 0 spiro atoms. The molecule has 0 fully saturated rings. The average molecular weight is 244 g/mol. The number of carbonyl (C=O) groups is 1. The summed E-state index contributed by atoms with van der Waals surface area (Å²) < 4.78 is 27.4. The van der Waals surface area contributed by atoms with Crippen LogP contribution in [-0.4, -0.2) is 32.4 Å². The van der Waals surface area contributed by atoms with Gasteiger partial charge in [-0.2, -0.15) is 0 Å². The van der Waals surface area contributed by atoms with Crippen LogP contribution >= 0.6 is 0 Å². The van der Waals surface area contributed by atoms with E-state index in [0.29, 0.717) is 5.75 Å². The lowest BCUT2D eigenvalue weighted by Gasteiger charge is -2.04. The highest BCUT2D eigenvalue weighted by Crippen LogP contribution is 2.15. The molecule has 0 aromatic heterocycles. The first-order valence-electron chi connectivity index (χ1n) is 4.54. The van der Waals surface area contributed by atoms with E-state index in [1.54, 1.807) is 0 Å². The normalized spacial score (nSPS) is 11.1. The molecule has 1 aromatic rings. The molecular weight excluding hydrogens is 232 g/mol. The number of carboxylic acid groups (broad SMARTS) is 1. The fourth-order valence-corrected chi connectivity index (χ4v) is 1.67. The molecule has 6 heteroatoms. The van der Waals surface area contributed by atoms with Crippen molar-refractivity contribution < 1.29 is 23.1 Å². The molecule has 1 rings (SSSR count). The van der Waals surface area contributed by atoms with Crippen molar-refractivity contribution in [3.8, 4) is 5.75 Å². The van der Waals surface area contributed by atoms with Crippen LogP contribution in [-0.2, 0) is 14.6 Å². The van der Waals surface area contributed by atoms with Gasteiger partial charge in [0.05, 0.1) is 17.9 Å². The van der Waals surface area contributed by atoms with Crippen molar-refractivity contribution in [1.82, 2.24) is 0 Å². The first-order valence-corrected chi connectivity index (χ1v) is 6.43. The van der Waals surface area contributed by atoms with E-state index in [1.165, 1.54) is 24.3 Å². The summed E-state index contributed by atoms with van der Waals surface area (Å²) >= 11 is 0. The highest BCUT2D eigenvalue weighted by molar-refractivity contribution is 7.90. The molecule has 0 radical (unpaired) electrons. The highest BCUT2D eigenvalue weighted by Gasteiger charge is 2.06. The minimum Gasteiger partial charge on any atom is -0.493 e. The van der Waals surface area contributed by atoms with E-state index >= 15 is 0 Å². The summed E-state index contributed by atoms with van der Waals surface area (Å²) in [5.74, 6) is -0.485. The summed E-state index contributed by atoms with van der Waals surface area (Å²) in [6.07, 6.45) is 1.03. The number of aliphatic carboxylic acids is 1. The van der Waals surface area contributed by atoms with Crippen LogP contribution in [0.2, 0.25) is 0 Å². The third-order valence-electron chi connectivity index (χ3n) is 1.84. The summed E-state index contributed by atoms with van der Waals surface area (Å²) in [6.45, 7) is 0.0631. The minimum absolute atomic E-state index is 0.0631. The van der Waals surface area contributed by atoms with Gasteiger partial charge >= 0.3 is 5.97 Å². The summed E-state index contributed by atoms with van der Waals surface area (Å²) in [5.41, 5.74) is 0. The smallest absolute Gasteiger partial charge is 0.306 e. The van der Waals surface area contributed by atoms with Crippen molar-refractivity contribution in [2.24, 2.45) is 0 Å². The molecule has 0 aliphatic heterocycles. The Kier molecular flexibility index (Phi) is 3.89. The van der Waals surface area contributed by atoms with Crippen molar-refractivity contribution in [3.63, 3.8) is 0 Å². The molecule has 0 amide bonds. The number of sulfone groups is 1. The largest absolute Gasteiger partial charge is 0.493 e. The fourth-order valence-electron chi connectivity index (χ4n) is 1.04. The van der Waals surface area contributed by atoms with Gasteiger partial charge in [-0.05, 0) is 24.3 Å².